The minimum Gasteiger partial charge on any atom is -0.425 e. The fraction of sp³-hybridized carbons (Fsp3) is 0.167. The van der Waals surface area contributed by atoms with Gasteiger partial charge in [0.25, 0.3) is 0 Å². The third-order valence-corrected chi connectivity index (χ3v) is 3.85. The van der Waals surface area contributed by atoms with Crippen LogP contribution in [-0.4, -0.2) is 5.97 Å². The molecule has 1 heterocycles. The summed E-state index contributed by atoms with van der Waals surface area (Å²) in [6, 6.07) is 19.6. The standard InChI is InChI=1S/C18H16O2/c1-2-18(15-11-7-4-8-12-15)13-16(20-17(18)19)14-9-5-3-6-10-14/h3-13H,2H2,1H3/t18-/m1/s1. The molecule has 3 rings (SSSR count). The van der Waals surface area contributed by atoms with Gasteiger partial charge in [0, 0.05) is 5.56 Å². The molecule has 100 valence electrons. The minimum atomic E-state index is -0.660. The van der Waals surface area contributed by atoms with E-state index in [0.717, 1.165) is 11.1 Å². The minimum absolute atomic E-state index is 0.190. The van der Waals surface area contributed by atoms with Crippen molar-refractivity contribution in [2.24, 2.45) is 0 Å². The van der Waals surface area contributed by atoms with Crippen molar-refractivity contribution in [2.45, 2.75) is 18.8 Å². The van der Waals surface area contributed by atoms with E-state index in [2.05, 4.69) is 0 Å². The third-order valence-electron chi connectivity index (χ3n) is 3.85. The van der Waals surface area contributed by atoms with Crippen molar-refractivity contribution in [1.82, 2.24) is 0 Å². The molecule has 1 aliphatic rings. The molecule has 2 nitrogen and oxygen atoms in total. The number of carbonyl (C=O) groups is 1. The second-order valence-corrected chi connectivity index (χ2v) is 4.96. The number of ether oxygens (including phenoxy) is 1. The van der Waals surface area contributed by atoms with E-state index in [-0.39, 0.29) is 5.97 Å². The van der Waals surface area contributed by atoms with Crippen LogP contribution in [0.2, 0.25) is 0 Å². The first kappa shape index (κ1) is 12.7. The quantitative estimate of drug-likeness (QED) is 0.785. The number of cyclic esters (lactones) is 1. The summed E-state index contributed by atoms with van der Waals surface area (Å²) in [5, 5.41) is 0. The van der Waals surface area contributed by atoms with Crippen molar-refractivity contribution in [1.29, 1.82) is 0 Å². The molecule has 20 heavy (non-hydrogen) atoms. The van der Waals surface area contributed by atoms with Crippen molar-refractivity contribution < 1.29 is 9.53 Å². The van der Waals surface area contributed by atoms with Crippen molar-refractivity contribution in [3.8, 4) is 0 Å². The Balaban J connectivity index is 2.08. The zero-order valence-corrected chi connectivity index (χ0v) is 11.4. The molecule has 2 aromatic rings. The molecule has 1 aliphatic heterocycles. The van der Waals surface area contributed by atoms with Crippen LogP contribution in [0.3, 0.4) is 0 Å². The molecule has 2 aromatic carbocycles. The maximum absolute atomic E-state index is 12.4. The van der Waals surface area contributed by atoms with Gasteiger partial charge in [0.2, 0.25) is 0 Å². The number of hydrogen-bond donors (Lipinski definition) is 0. The highest BCUT2D eigenvalue weighted by atomic mass is 16.5. The van der Waals surface area contributed by atoms with Crippen LogP contribution in [-0.2, 0) is 14.9 Å². The Morgan fingerprint density at radius 2 is 1.55 bits per heavy atom. The van der Waals surface area contributed by atoms with E-state index in [1.54, 1.807) is 0 Å². The first-order chi connectivity index (χ1) is 9.76. The Kier molecular flexibility index (Phi) is 3.15. The Labute approximate surface area is 118 Å². The average Bonchev–Trinajstić information content (AvgIpc) is 2.87. The van der Waals surface area contributed by atoms with Gasteiger partial charge in [-0.1, -0.05) is 67.6 Å². The van der Waals surface area contributed by atoms with Gasteiger partial charge in [-0.15, -0.1) is 0 Å². The molecule has 0 saturated heterocycles. The van der Waals surface area contributed by atoms with Crippen LogP contribution >= 0.6 is 0 Å². The summed E-state index contributed by atoms with van der Waals surface area (Å²) in [6.07, 6.45) is 2.65. The predicted molar refractivity (Wildman–Crippen MR) is 78.9 cm³/mol. The van der Waals surface area contributed by atoms with E-state index in [9.17, 15) is 4.79 Å². The van der Waals surface area contributed by atoms with E-state index in [1.807, 2.05) is 73.7 Å². The van der Waals surface area contributed by atoms with Crippen molar-refractivity contribution >= 4 is 11.7 Å². The molecule has 2 heteroatoms. The lowest BCUT2D eigenvalue weighted by Gasteiger charge is -2.21. The van der Waals surface area contributed by atoms with Crippen LogP contribution in [0.1, 0.15) is 24.5 Å². The van der Waals surface area contributed by atoms with E-state index in [0.29, 0.717) is 12.2 Å². The Bertz CT molecular complexity index is 644. The molecule has 0 fully saturated rings. The summed E-state index contributed by atoms with van der Waals surface area (Å²) >= 11 is 0. The van der Waals surface area contributed by atoms with Crippen LogP contribution in [0.5, 0.6) is 0 Å². The topological polar surface area (TPSA) is 26.3 Å². The first-order valence-electron chi connectivity index (χ1n) is 6.82. The monoisotopic (exact) mass is 264 g/mol. The average molecular weight is 264 g/mol. The van der Waals surface area contributed by atoms with Gasteiger partial charge in [0.15, 0.2) is 0 Å². The van der Waals surface area contributed by atoms with Crippen LogP contribution in [0.25, 0.3) is 5.76 Å². The smallest absolute Gasteiger partial charge is 0.326 e. The molecule has 0 aromatic heterocycles. The van der Waals surface area contributed by atoms with Gasteiger partial charge in [-0.05, 0) is 18.1 Å². The molecule has 0 aliphatic carbocycles. The van der Waals surface area contributed by atoms with Crippen LogP contribution < -0.4 is 0 Å². The summed E-state index contributed by atoms with van der Waals surface area (Å²) < 4.78 is 5.53. The highest BCUT2D eigenvalue weighted by molar-refractivity contribution is 5.96. The fourth-order valence-electron chi connectivity index (χ4n) is 2.64. The Morgan fingerprint density at radius 1 is 0.950 bits per heavy atom. The number of rotatable bonds is 3. The van der Waals surface area contributed by atoms with Crippen molar-refractivity contribution in [3.63, 3.8) is 0 Å². The Hall–Kier alpha value is -2.35. The lowest BCUT2D eigenvalue weighted by molar-refractivity contribution is -0.139. The maximum atomic E-state index is 12.4. The van der Waals surface area contributed by atoms with Gasteiger partial charge in [0.1, 0.15) is 11.2 Å². The Morgan fingerprint density at radius 3 is 2.15 bits per heavy atom. The molecule has 0 spiro atoms. The first-order valence-corrected chi connectivity index (χ1v) is 6.82. The maximum Gasteiger partial charge on any atom is 0.326 e. The molecule has 0 N–H and O–H groups in total. The summed E-state index contributed by atoms with van der Waals surface area (Å²) in [7, 11) is 0. The zero-order valence-electron chi connectivity index (χ0n) is 11.4. The number of carbonyl (C=O) groups excluding carboxylic acids is 1. The third kappa shape index (κ3) is 1.94. The summed E-state index contributed by atoms with van der Waals surface area (Å²) in [6.45, 7) is 2.01. The zero-order chi connectivity index (χ0) is 14.0. The van der Waals surface area contributed by atoms with Gasteiger partial charge >= 0.3 is 5.97 Å². The SMILES string of the molecule is CC[C@]1(c2ccccc2)C=C(c2ccccc2)OC1=O. The summed E-state index contributed by atoms with van der Waals surface area (Å²) in [5.74, 6) is 0.464. The van der Waals surface area contributed by atoms with E-state index in [1.165, 1.54) is 0 Å². The predicted octanol–water partition coefficient (Wildman–Crippen LogP) is 3.93. The number of benzene rings is 2. The van der Waals surface area contributed by atoms with E-state index < -0.39 is 5.41 Å². The van der Waals surface area contributed by atoms with Gasteiger partial charge in [-0.3, -0.25) is 4.79 Å². The largest absolute Gasteiger partial charge is 0.425 e. The highest BCUT2D eigenvalue weighted by Crippen LogP contribution is 2.40. The fourth-order valence-corrected chi connectivity index (χ4v) is 2.64. The van der Waals surface area contributed by atoms with Crippen LogP contribution in [0, 0.1) is 0 Å². The van der Waals surface area contributed by atoms with Crippen molar-refractivity contribution in [2.75, 3.05) is 0 Å². The van der Waals surface area contributed by atoms with Crippen molar-refractivity contribution in [3.05, 3.63) is 77.9 Å². The highest BCUT2D eigenvalue weighted by Gasteiger charge is 2.44. The van der Waals surface area contributed by atoms with Gasteiger partial charge in [-0.2, -0.15) is 0 Å². The number of esters is 1. The van der Waals surface area contributed by atoms with Crippen LogP contribution in [0.4, 0.5) is 0 Å². The summed E-state index contributed by atoms with van der Waals surface area (Å²) in [4.78, 5) is 12.4. The van der Waals surface area contributed by atoms with Gasteiger partial charge < -0.3 is 4.74 Å². The molecule has 0 amide bonds. The molecular formula is C18H16O2. The lowest BCUT2D eigenvalue weighted by atomic mass is 9.78. The second kappa shape index (κ2) is 4.97. The lowest BCUT2D eigenvalue weighted by Crippen LogP contribution is -2.30. The molecule has 0 saturated carbocycles. The normalized spacial score (nSPS) is 21.4. The molecule has 0 bridgehead atoms. The van der Waals surface area contributed by atoms with E-state index in [4.69, 9.17) is 4.74 Å². The molecule has 0 radical (unpaired) electrons. The van der Waals surface area contributed by atoms with Crippen LogP contribution in [0.15, 0.2) is 66.7 Å². The molecule has 1 atom stereocenters. The van der Waals surface area contributed by atoms with Gasteiger partial charge in [-0.25, -0.2) is 0 Å². The van der Waals surface area contributed by atoms with Gasteiger partial charge in [0.05, 0.1) is 0 Å². The molecular weight excluding hydrogens is 248 g/mol. The number of hydrogen-bond acceptors (Lipinski definition) is 2. The molecule has 0 unspecified atom stereocenters. The second-order valence-electron chi connectivity index (χ2n) is 4.96. The van der Waals surface area contributed by atoms with E-state index >= 15 is 0 Å². The summed E-state index contributed by atoms with van der Waals surface area (Å²) in [5.41, 5.74) is 1.26.